The van der Waals surface area contributed by atoms with E-state index in [2.05, 4.69) is 6.92 Å². The van der Waals surface area contributed by atoms with Gasteiger partial charge < -0.3 is 14.2 Å². The number of carbonyl (C=O) groups excluding carboxylic acids is 2. The molecule has 22 heavy (non-hydrogen) atoms. The first-order valence-electron chi connectivity index (χ1n) is 8.26. The molecule has 4 aliphatic rings. The summed E-state index contributed by atoms with van der Waals surface area (Å²) in [5, 5.41) is 0. The van der Waals surface area contributed by atoms with Gasteiger partial charge in [-0.3, -0.25) is 9.59 Å². The van der Waals surface area contributed by atoms with Crippen LogP contribution < -0.4 is 0 Å². The van der Waals surface area contributed by atoms with Gasteiger partial charge in [-0.15, -0.1) is 0 Å². The molecule has 0 aromatic carbocycles. The zero-order chi connectivity index (χ0) is 16.0. The highest BCUT2D eigenvalue weighted by molar-refractivity contribution is 5.72. The van der Waals surface area contributed by atoms with E-state index >= 15 is 0 Å². The highest BCUT2D eigenvalue weighted by Gasteiger charge is 2.82. The molecule has 4 fully saturated rings. The first kappa shape index (κ1) is 14.5. The van der Waals surface area contributed by atoms with Crippen molar-refractivity contribution < 1.29 is 23.8 Å². The summed E-state index contributed by atoms with van der Waals surface area (Å²) in [6.07, 6.45) is 3.06. The number of hydrogen-bond donors (Lipinski definition) is 0. The van der Waals surface area contributed by atoms with Crippen LogP contribution >= 0.6 is 0 Å². The average molecular weight is 308 g/mol. The summed E-state index contributed by atoms with van der Waals surface area (Å²) in [5.41, 5.74) is -1.80. The molecule has 3 saturated heterocycles. The molecule has 2 unspecified atom stereocenters. The quantitative estimate of drug-likeness (QED) is 0.508. The molecule has 1 aliphatic carbocycles. The second-order valence-corrected chi connectivity index (χ2v) is 8.33. The summed E-state index contributed by atoms with van der Waals surface area (Å²) in [7, 11) is 0. The van der Waals surface area contributed by atoms with Crippen LogP contribution in [-0.4, -0.2) is 34.8 Å². The van der Waals surface area contributed by atoms with E-state index in [0.29, 0.717) is 19.3 Å². The van der Waals surface area contributed by atoms with Crippen LogP contribution in [0.1, 0.15) is 59.8 Å². The third-order valence-corrected chi connectivity index (χ3v) is 6.77. The van der Waals surface area contributed by atoms with Crippen LogP contribution in [0.25, 0.3) is 0 Å². The molecule has 0 aromatic heterocycles. The number of carbonyl (C=O) groups is 2. The van der Waals surface area contributed by atoms with E-state index in [-0.39, 0.29) is 29.4 Å². The molecule has 3 heterocycles. The SMILES string of the molecule is CC1(C)OC(=O)CC[C@]2(C)[C@H]3CCC(=O)O[C@@]3(C)CC3OC312. The van der Waals surface area contributed by atoms with Gasteiger partial charge in [-0.1, -0.05) is 6.92 Å². The number of esters is 2. The van der Waals surface area contributed by atoms with E-state index in [4.69, 9.17) is 14.2 Å². The van der Waals surface area contributed by atoms with Crippen molar-refractivity contribution in [3.63, 3.8) is 0 Å². The summed E-state index contributed by atoms with van der Waals surface area (Å²) >= 11 is 0. The van der Waals surface area contributed by atoms with Gasteiger partial charge in [0.25, 0.3) is 0 Å². The van der Waals surface area contributed by atoms with Gasteiger partial charge in [0.1, 0.15) is 16.8 Å². The lowest BCUT2D eigenvalue weighted by atomic mass is 9.49. The Morgan fingerprint density at radius 2 is 1.68 bits per heavy atom. The maximum atomic E-state index is 12.1. The number of hydrogen-bond acceptors (Lipinski definition) is 5. The van der Waals surface area contributed by atoms with Gasteiger partial charge in [0.05, 0.1) is 6.10 Å². The van der Waals surface area contributed by atoms with Crippen LogP contribution in [0.3, 0.4) is 0 Å². The zero-order valence-corrected chi connectivity index (χ0v) is 13.7. The lowest BCUT2D eigenvalue weighted by molar-refractivity contribution is -0.204. The van der Waals surface area contributed by atoms with Crippen molar-refractivity contribution in [1.29, 1.82) is 0 Å². The summed E-state index contributed by atoms with van der Waals surface area (Å²) in [6, 6.07) is 0. The second kappa shape index (κ2) is 3.86. The largest absolute Gasteiger partial charge is 0.459 e. The molecule has 0 aromatic rings. The predicted octanol–water partition coefficient (Wildman–Crippen LogP) is 2.36. The standard InChI is InChI=1S/C17H24O5/c1-14(2)17-11(20-17)9-16(4)10(5-6-12(18)22-16)15(17,3)8-7-13(19)21-14/h10-11H,5-9H2,1-4H3/t10-,11?,15-,16+,17?/m1/s1. The van der Waals surface area contributed by atoms with Gasteiger partial charge in [0, 0.05) is 30.6 Å². The van der Waals surface area contributed by atoms with E-state index in [1.807, 2.05) is 20.8 Å². The maximum Gasteiger partial charge on any atom is 0.306 e. The monoisotopic (exact) mass is 308 g/mol. The first-order chi connectivity index (χ1) is 10.1. The summed E-state index contributed by atoms with van der Waals surface area (Å²) in [6.45, 7) is 8.17. The molecule has 5 atom stereocenters. The summed E-state index contributed by atoms with van der Waals surface area (Å²) in [5.74, 6) is -0.0697. The Morgan fingerprint density at radius 1 is 1.00 bits per heavy atom. The molecule has 0 bridgehead atoms. The molecule has 1 spiro atoms. The van der Waals surface area contributed by atoms with E-state index in [1.54, 1.807) is 0 Å². The van der Waals surface area contributed by atoms with E-state index in [0.717, 1.165) is 12.8 Å². The molecule has 4 rings (SSSR count). The average Bonchev–Trinajstić information content (AvgIpc) is 3.11. The Hall–Kier alpha value is -1.10. The molecular formula is C17H24O5. The number of rotatable bonds is 0. The molecule has 5 nitrogen and oxygen atoms in total. The fourth-order valence-electron chi connectivity index (χ4n) is 5.98. The van der Waals surface area contributed by atoms with Crippen LogP contribution in [0.2, 0.25) is 0 Å². The van der Waals surface area contributed by atoms with E-state index < -0.39 is 16.8 Å². The molecule has 0 amide bonds. The lowest BCUT2D eigenvalue weighted by Crippen LogP contribution is -2.65. The number of fused-ring (bicyclic) bond motifs is 2. The van der Waals surface area contributed by atoms with Crippen LogP contribution in [-0.2, 0) is 23.8 Å². The molecule has 5 heteroatoms. The van der Waals surface area contributed by atoms with E-state index in [9.17, 15) is 9.59 Å². The number of epoxide rings is 1. The van der Waals surface area contributed by atoms with Gasteiger partial charge >= 0.3 is 11.9 Å². The molecular weight excluding hydrogens is 284 g/mol. The number of ether oxygens (including phenoxy) is 3. The predicted molar refractivity (Wildman–Crippen MR) is 77.0 cm³/mol. The van der Waals surface area contributed by atoms with Crippen LogP contribution in [0.15, 0.2) is 0 Å². The Labute approximate surface area is 130 Å². The Morgan fingerprint density at radius 3 is 2.41 bits per heavy atom. The normalized spacial score (nSPS) is 52.4. The summed E-state index contributed by atoms with van der Waals surface area (Å²) < 4.78 is 17.8. The smallest absolute Gasteiger partial charge is 0.306 e. The Kier molecular flexibility index (Phi) is 2.54. The fraction of sp³-hybridized carbons (Fsp3) is 0.882. The molecule has 1 saturated carbocycles. The Balaban J connectivity index is 1.83. The molecule has 122 valence electrons. The van der Waals surface area contributed by atoms with Crippen LogP contribution in [0.5, 0.6) is 0 Å². The van der Waals surface area contributed by atoms with Gasteiger partial charge in [-0.2, -0.15) is 0 Å². The van der Waals surface area contributed by atoms with Gasteiger partial charge in [-0.25, -0.2) is 0 Å². The van der Waals surface area contributed by atoms with Crippen molar-refractivity contribution in [3.8, 4) is 0 Å². The third-order valence-electron chi connectivity index (χ3n) is 6.77. The Bertz CT molecular complexity index is 569. The minimum Gasteiger partial charge on any atom is -0.459 e. The molecule has 3 aliphatic heterocycles. The van der Waals surface area contributed by atoms with Crippen LogP contribution in [0, 0.1) is 11.3 Å². The molecule has 0 N–H and O–H groups in total. The van der Waals surface area contributed by atoms with Crippen molar-refractivity contribution in [2.24, 2.45) is 11.3 Å². The first-order valence-corrected chi connectivity index (χ1v) is 8.26. The van der Waals surface area contributed by atoms with Gasteiger partial charge in [0.2, 0.25) is 0 Å². The maximum absolute atomic E-state index is 12.1. The fourth-order valence-corrected chi connectivity index (χ4v) is 5.98. The van der Waals surface area contributed by atoms with Gasteiger partial charge in [-0.05, 0) is 33.6 Å². The highest BCUT2D eigenvalue weighted by atomic mass is 16.7. The summed E-state index contributed by atoms with van der Waals surface area (Å²) in [4.78, 5) is 23.9. The second-order valence-electron chi connectivity index (χ2n) is 8.33. The van der Waals surface area contributed by atoms with Crippen molar-refractivity contribution in [2.75, 3.05) is 0 Å². The zero-order valence-electron chi connectivity index (χ0n) is 13.7. The van der Waals surface area contributed by atoms with Crippen LogP contribution in [0.4, 0.5) is 0 Å². The van der Waals surface area contributed by atoms with Gasteiger partial charge in [0.15, 0.2) is 0 Å². The van der Waals surface area contributed by atoms with Crippen molar-refractivity contribution in [1.82, 2.24) is 0 Å². The highest BCUT2D eigenvalue weighted by Crippen LogP contribution is 2.71. The third kappa shape index (κ3) is 1.48. The minimum atomic E-state index is -0.650. The van der Waals surface area contributed by atoms with Crippen molar-refractivity contribution >= 4 is 11.9 Å². The topological polar surface area (TPSA) is 65.1 Å². The van der Waals surface area contributed by atoms with E-state index in [1.165, 1.54) is 0 Å². The number of cyclic esters (lactones) is 1. The minimum absolute atomic E-state index is 0.00875. The van der Waals surface area contributed by atoms with Crippen molar-refractivity contribution in [3.05, 3.63) is 0 Å². The lowest BCUT2D eigenvalue weighted by Gasteiger charge is -2.56. The van der Waals surface area contributed by atoms with Crippen molar-refractivity contribution in [2.45, 2.75) is 82.7 Å². The molecule has 0 radical (unpaired) electrons.